The van der Waals surface area contributed by atoms with Crippen LogP contribution in [0.4, 0.5) is 0 Å². The van der Waals surface area contributed by atoms with Gasteiger partial charge in [-0.25, -0.2) is 0 Å². The normalized spacial score (nSPS) is 11.6. The number of unbranched alkanes of at least 4 members (excludes halogenated alkanes) is 1. The van der Waals surface area contributed by atoms with Crippen molar-refractivity contribution in [3.63, 3.8) is 0 Å². The molecule has 6 heteroatoms. The van der Waals surface area contributed by atoms with Gasteiger partial charge in [0.1, 0.15) is 11.8 Å². The number of nitrogens with one attached hydrogen (secondary N) is 1. The zero-order valence-corrected chi connectivity index (χ0v) is 18.0. The van der Waals surface area contributed by atoms with E-state index in [2.05, 4.69) is 12.2 Å². The van der Waals surface area contributed by atoms with Crippen LogP contribution < -0.4 is 10.1 Å². The van der Waals surface area contributed by atoms with E-state index in [9.17, 15) is 9.59 Å². The molecule has 0 saturated heterocycles. The molecule has 29 heavy (non-hydrogen) atoms. The van der Waals surface area contributed by atoms with E-state index in [0.717, 1.165) is 29.7 Å². The highest BCUT2D eigenvalue weighted by molar-refractivity contribution is 6.31. The minimum absolute atomic E-state index is 0.141. The Morgan fingerprint density at radius 3 is 2.45 bits per heavy atom. The summed E-state index contributed by atoms with van der Waals surface area (Å²) in [7, 11) is 1.61. The summed E-state index contributed by atoms with van der Waals surface area (Å²) >= 11 is 6.23. The predicted octanol–water partition coefficient (Wildman–Crippen LogP) is 4.22. The molecule has 1 unspecified atom stereocenters. The third-order valence-electron chi connectivity index (χ3n) is 4.81. The van der Waals surface area contributed by atoms with Gasteiger partial charge in [0.05, 0.1) is 13.5 Å². The standard InChI is InChI=1S/C23H29ClN2O3/c1-4-5-14-25-23(28)17(2)26(16-18-10-12-20(29-3)13-11-18)22(27)15-19-8-6-7-9-21(19)24/h6-13,17H,4-5,14-16H2,1-3H3,(H,25,28). The first-order chi connectivity index (χ1) is 14.0. The molecule has 0 fully saturated rings. The van der Waals surface area contributed by atoms with Gasteiger partial charge in [0.25, 0.3) is 0 Å². The molecule has 5 nitrogen and oxygen atoms in total. The SMILES string of the molecule is CCCCNC(=O)C(C)N(Cc1ccc(OC)cc1)C(=O)Cc1ccccc1Cl. The summed E-state index contributed by atoms with van der Waals surface area (Å²) in [5.41, 5.74) is 1.67. The molecule has 0 aromatic heterocycles. The Kier molecular flexibility index (Phi) is 9.00. The maximum absolute atomic E-state index is 13.1. The number of nitrogens with zero attached hydrogens (tertiary/aromatic N) is 1. The first-order valence-electron chi connectivity index (χ1n) is 9.89. The van der Waals surface area contributed by atoms with Gasteiger partial charge in [-0.1, -0.05) is 55.3 Å². The van der Waals surface area contributed by atoms with Crippen LogP contribution in [0.2, 0.25) is 5.02 Å². The summed E-state index contributed by atoms with van der Waals surface area (Å²) in [6, 6.07) is 14.2. The lowest BCUT2D eigenvalue weighted by Gasteiger charge is -2.29. The van der Waals surface area contributed by atoms with Gasteiger partial charge in [0.15, 0.2) is 0 Å². The summed E-state index contributed by atoms with van der Waals surface area (Å²) in [6.07, 6.45) is 2.04. The van der Waals surface area contributed by atoms with Crippen molar-refractivity contribution in [2.24, 2.45) is 0 Å². The van der Waals surface area contributed by atoms with E-state index in [1.165, 1.54) is 0 Å². The van der Waals surface area contributed by atoms with Gasteiger partial charge in [-0.2, -0.15) is 0 Å². The van der Waals surface area contributed by atoms with Gasteiger partial charge in [0.2, 0.25) is 11.8 Å². The number of carbonyl (C=O) groups excluding carboxylic acids is 2. The van der Waals surface area contributed by atoms with Crippen LogP contribution in [0.25, 0.3) is 0 Å². The number of benzene rings is 2. The van der Waals surface area contributed by atoms with Crippen molar-refractivity contribution in [1.82, 2.24) is 10.2 Å². The van der Waals surface area contributed by atoms with E-state index in [4.69, 9.17) is 16.3 Å². The van der Waals surface area contributed by atoms with E-state index in [-0.39, 0.29) is 18.2 Å². The maximum atomic E-state index is 13.1. The smallest absolute Gasteiger partial charge is 0.242 e. The van der Waals surface area contributed by atoms with Gasteiger partial charge < -0.3 is 15.0 Å². The molecule has 2 aromatic carbocycles. The first kappa shape index (κ1) is 22.8. The maximum Gasteiger partial charge on any atom is 0.242 e. The van der Waals surface area contributed by atoms with Crippen LogP contribution in [0.5, 0.6) is 5.75 Å². The number of hydrogen-bond donors (Lipinski definition) is 1. The largest absolute Gasteiger partial charge is 0.497 e. The van der Waals surface area contributed by atoms with Crippen LogP contribution >= 0.6 is 11.6 Å². The third kappa shape index (κ3) is 6.79. The lowest BCUT2D eigenvalue weighted by atomic mass is 10.1. The van der Waals surface area contributed by atoms with Crippen molar-refractivity contribution in [2.45, 2.75) is 45.7 Å². The highest BCUT2D eigenvalue weighted by atomic mass is 35.5. The monoisotopic (exact) mass is 416 g/mol. The molecule has 2 aromatic rings. The minimum atomic E-state index is -0.594. The van der Waals surface area contributed by atoms with Crippen LogP contribution in [0.15, 0.2) is 48.5 Å². The molecule has 2 amide bonds. The van der Waals surface area contributed by atoms with Crippen LogP contribution in [0.1, 0.15) is 37.8 Å². The summed E-state index contributed by atoms with van der Waals surface area (Å²) < 4.78 is 5.20. The molecule has 0 aliphatic heterocycles. The number of methoxy groups -OCH3 is 1. The van der Waals surface area contributed by atoms with Crippen LogP contribution in [0.3, 0.4) is 0 Å². The average Bonchev–Trinajstić information content (AvgIpc) is 2.73. The Morgan fingerprint density at radius 1 is 1.14 bits per heavy atom. The molecule has 2 rings (SSSR count). The van der Waals surface area contributed by atoms with Crippen molar-refractivity contribution in [3.8, 4) is 5.75 Å². The molecule has 0 heterocycles. The van der Waals surface area contributed by atoms with E-state index in [1.54, 1.807) is 25.0 Å². The van der Waals surface area contributed by atoms with Gasteiger partial charge >= 0.3 is 0 Å². The second-order valence-electron chi connectivity index (χ2n) is 6.96. The van der Waals surface area contributed by atoms with Crippen molar-refractivity contribution in [3.05, 3.63) is 64.7 Å². The Labute approximate surface area is 178 Å². The van der Waals surface area contributed by atoms with Crippen molar-refractivity contribution in [2.75, 3.05) is 13.7 Å². The Bertz CT molecular complexity index is 808. The quantitative estimate of drug-likeness (QED) is 0.590. The summed E-state index contributed by atoms with van der Waals surface area (Å²) in [5, 5.41) is 3.47. The van der Waals surface area contributed by atoms with E-state index < -0.39 is 6.04 Å². The van der Waals surface area contributed by atoms with Crippen LogP contribution in [-0.4, -0.2) is 36.4 Å². The molecule has 1 N–H and O–H groups in total. The van der Waals surface area contributed by atoms with Crippen molar-refractivity contribution < 1.29 is 14.3 Å². The van der Waals surface area contributed by atoms with Gasteiger partial charge in [-0.3, -0.25) is 9.59 Å². The second-order valence-corrected chi connectivity index (χ2v) is 7.37. The molecular weight excluding hydrogens is 388 g/mol. The average molecular weight is 417 g/mol. The Balaban J connectivity index is 2.19. The first-order valence-corrected chi connectivity index (χ1v) is 10.3. The summed E-state index contributed by atoms with van der Waals surface area (Å²) in [6.45, 7) is 4.76. The number of rotatable bonds is 10. The van der Waals surface area contributed by atoms with Gasteiger partial charge in [-0.05, 0) is 42.7 Å². The zero-order valence-electron chi connectivity index (χ0n) is 17.3. The van der Waals surface area contributed by atoms with Gasteiger partial charge in [0, 0.05) is 18.1 Å². The fraction of sp³-hybridized carbons (Fsp3) is 0.391. The molecule has 0 aliphatic rings. The lowest BCUT2D eigenvalue weighted by molar-refractivity contribution is -0.140. The Hall–Kier alpha value is -2.53. The zero-order chi connectivity index (χ0) is 21.2. The molecular formula is C23H29ClN2O3. The number of carbonyl (C=O) groups is 2. The molecule has 0 aliphatic carbocycles. The number of hydrogen-bond acceptors (Lipinski definition) is 3. The second kappa shape index (κ2) is 11.5. The van der Waals surface area contributed by atoms with Crippen LogP contribution in [-0.2, 0) is 22.6 Å². The highest BCUT2D eigenvalue weighted by Crippen LogP contribution is 2.19. The fourth-order valence-corrected chi connectivity index (χ4v) is 3.16. The van der Waals surface area contributed by atoms with E-state index in [0.29, 0.717) is 18.1 Å². The van der Waals surface area contributed by atoms with Crippen LogP contribution in [0, 0.1) is 0 Å². The molecule has 0 bridgehead atoms. The van der Waals surface area contributed by atoms with Gasteiger partial charge in [-0.15, -0.1) is 0 Å². The fourth-order valence-electron chi connectivity index (χ4n) is 2.95. The van der Waals surface area contributed by atoms with Crippen molar-refractivity contribution in [1.29, 1.82) is 0 Å². The summed E-state index contributed by atoms with van der Waals surface area (Å²) in [5.74, 6) is 0.444. The molecule has 1 atom stereocenters. The van der Waals surface area contributed by atoms with E-state index in [1.807, 2.05) is 42.5 Å². The Morgan fingerprint density at radius 2 is 1.83 bits per heavy atom. The molecule has 156 valence electrons. The lowest BCUT2D eigenvalue weighted by Crippen LogP contribution is -2.48. The summed E-state index contributed by atoms with van der Waals surface area (Å²) in [4.78, 5) is 27.4. The minimum Gasteiger partial charge on any atom is -0.497 e. The number of halogens is 1. The molecule has 0 spiro atoms. The number of ether oxygens (including phenoxy) is 1. The molecule has 0 saturated carbocycles. The predicted molar refractivity (Wildman–Crippen MR) is 116 cm³/mol. The third-order valence-corrected chi connectivity index (χ3v) is 5.18. The topological polar surface area (TPSA) is 58.6 Å². The number of amides is 2. The van der Waals surface area contributed by atoms with Crippen molar-refractivity contribution >= 4 is 23.4 Å². The van der Waals surface area contributed by atoms with E-state index >= 15 is 0 Å². The highest BCUT2D eigenvalue weighted by Gasteiger charge is 2.26. The molecule has 0 radical (unpaired) electrons.